The Bertz CT molecular complexity index is 677. The van der Waals surface area contributed by atoms with Crippen LogP contribution in [0.2, 0.25) is 39.3 Å². The summed E-state index contributed by atoms with van der Waals surface area (Å²) in [5.74, 6) is 0.540. The first-order valence-corrected chi connectivity index (χ1v) is 17.0. The Hall–Kier alpha value is -0.966. The maximum absolute atomic E-state index is 12.6. The van der Waals surface area contributed by atoms with E-state index in [0.29, 0.717) is 11.5 Å². The van der Waals surface area contributed by atoms with Gasteiger partial charge in [0.15, 0.2) is 0 Å². The molecule has 2 aliphatic rings. The molecule has 0 amide bonds. The van der Waals surface area contributed by atoms with E-state index in [0.717, 1.165) is 0 Å². The van der Waals surface area contributed by atoms with Crippen LogP contribution >= 0.6 is 7.66 Å². The van der Waals surface area contributed by atoms with Gasteiger partial charge in [-0.3, -0.25) is 0 Å². The molecular formula is C15H26NO6PSi2. The molecule has 0 aromatic heterocycles. The van der Waals surface area contributed by atoms with Gasteiger partial charge in [0.1, 0.15) is 0 Å². The van der Waals surface area contributed by atoms with E-state index in [4.69, 9.17) is 22.2 Å². The standard InChI is InChI=1S/C15H26NO6PSi2/c1-24(2,3)18-11-12-15(17)21-23(16-12,22-25(4,5)6)19-13-9-7-8-10-14(13)20-23/h7-10,12,16H,11H2,1-6H3/t12-/m0/s1. The van der Waals surface area contributed by atoms with Crippen molar-refractivity contribution in [3.8, 4) is 11.5 Å². The van der Waals surface area contributed by atoms with Crippen LogP contribution < -0.4 is 14.1 Å². The fourth-order valence-electron chi connectivity index (χ4n) is 2.59. The Kier molecular flexibility index (Phi) is 4.34. The van der Waals surface area contributed by atoms with Crippen LogP contribution in [0, 0.1) is 0 Å². The van der Waals surface area contributed by atoms with Gasteiger partial charge in [-0.15, -0.1) is 0 Å². The Morgan fingerprint density at radius 1 is 1.00 bits per heavy atom. The van der Waals surface area contributed by atoms with Crippen LogP contribution in [-0.2, 0) is 18.0 Å². The molecule has 2 aliphatic heterocycles. The second kappa shape index (κ2) is 5.77. The SMILES string of the molecule is C[Si](C)(C)OC[C@@H]1NP2(O[Si](C)(C)C)(OC1=O)Oc1ccccc1O2. The molecule has 1 atom stereocenters. The quantitative estimate of drug-likeness (QED) is 0.592. The van der Waals surface area contributed by atoms with Crippen LogP contribution in [0.4, 0.5) is 0 Å². The van der Waals surface area contributed by atoms with Gasteiger partial charge in [0, 0.05) is 0 Å². The molecule has 7 nitrogen and oxygen atoms in total. The number of fused-ring (bicyclic) bond motifs is 1. The van der Waals surface area contributed by atoms with Gasteiger partial charge < -0.3 is 0 Å². The molecule has 1 spiro atoms. The van der Waals surface area contributed by atoms with Crippen LogP contribution in [0.15, 0.2) is 24.3 Å². The van der Waals surface area contributed by atoms with E-state index in [1.807, 2.05) is 31.8 Å². The van der Waals surface area contributed by atoms with E-state index < -0.39 is 36.3 Å². The van der Waals surface area contributed by atoms with Gasteiger partial charge in [-0.05, 0) is 0 Å². The summed E-state index contributed by atoms with van der Waals surface area (Å²) >= 11 is 0. The summed E-state index contributed by atoms with van der Waals surface area (Å²) in [5.41, 5.74) is 0. The zero-order chi connectivity index (χ0) is 18.5. The van der Waals surface area contributed by atoms with Crippen molar-refractivity contribution in [3.63, 3.8) is 0 Å². The topological polar surface area (TPSA) is 75.2 Å². The summed E-state index contributed by atoms with van der Waals surface area (Å²) < 4.78 is 30.0. The monoisotopic (exact) mass is 403 g/mol. The molecule has 0 bridgehead atoms. The predicted octanol–water partition coefficient (Wildman–Crippen LogP) is 3.80. The summed E-state index contributed by atoms with van der Waals surface area (Å²) in [4.78, 5) is 12.6. The molecule has 1 aromatic carbocycles. The second-order valence-corrected chi connectivity index (χ2v) is 20.1. The van der Waals surface area contributed by atoms with E-state index in [1.165, 1.54) is 0 Å². The van der Waals surface area contributed by atoms with Crippen LogP contribution in [-0.4, -0.2) is 35.3 Å². The maximum atomic E-state index is 12.6. The minimum absolute atomic E-state index is 0.199. The first kappa shape index (κ1) is 18.8. The summed E-state index contributed by atoms with van der Waals surface area (Å²) in [7, 11) is -8.26. The first-order chi connectivity index (χ1) is 11.4. The van der Waals surface area contributed by atoms with Crippen molar-refractivity contribution in [3.05, 3.63) is 24.3 Å². The molecule has 1 aromatic rings. The van der Waals surface area contributed by atoms with Gasteiger partial charge >= 0.3 is 150 Å². The number of carbonyl (C=O) groups is 1. The summed E-state index contributed by atoms with van der Waals surface area (Å²) in [5, 5.41) is 3.13. The van der Waals surface area contributed by atoms with Gasteiger partial charge in [-0.25, -0.2) is 0 Å². The zero-order valence-corrected chi connectivity index (χ0v) is 18.4. The van der Waals surface area contributed by atoms with Crippen molar-refractivity contribution in [2.45, 2.75) is 45.3 Å². The van der Waals surface area contributed by atoms with Gasteiger partial charge in [0.25, 0.3) is 0 Å². The average Bonchev–Trinajstić information content (AvgIpc) is 2.87. The first-order valence-electron chi connectivity index (χ1n) is 8.28. The number of rotatable bonds is 5. The molecule has 3 rings (SSSR count). The second-order valence-electron chi connectivity index (χ2n) is 8.16. The molecule has 0 aliphatic carbocycles. The fourth-order valence-corrected chi connectivity index (χ4v) is 10.1. The number of nitrogens with one attached hydrogen (secondary N) is 1. The molecule has 10 heteroatoms. The minimum atomic E-state index is -4.28. The van der Waals surface area contributed by atoms with Crippen molar-refractivity contribution in [1.29, 1.82) is 0 Å². The summed E-state index contributed by atoms with van der Waals surface area (Å²) in [6.45, 7) is 12.4. The third kappa shape index (κ3) is 3.91. The molecule has 0 radical (unpaired) electrons. The third-order valence-corrected chi connectivity index (χ3v) is 10.1. The third-order valence-electron chi connectivity index (χ3n) is 3.37. The fraction of sp³-hybridized carbons (Fsp3) is 0.533. The number of benzene rings is 1. The van der Waals surface area contributed by atoms with E-state index in [-0.39, 0.29) is 6.61 Å². The van der Waals surface area contributed by atoms with Gasteiger partial charge in [0.2, 0.25) is 0 Å². The van der Waals surface area contributed by atoms with Crippen molar-refractivity contribution < 1.29 is 27.0 Å². The molecular weight excluding hydrogens is 377 g/mol. The Labute approximate surface area is 150 Å². The molecule has 1 saturated heterocycles. The van der Waals surface area contributed by atoms with Crippen molar-refractivity contribution in [2.24, 2.45) is 0 Å². The zero-order valence-electron chi connectivity index (χ0n) is 15.5. The number of para-hydroxylation sites is 2. The van der Waals surface area contributed by atoms with Crippen LogP contribution in [0.25, 0.3) is 0 Å². The molecule has 1 N–H and O–H groups in total. The van der Waals surface area contributed by atoms with Crippen LogP contribution in [0.1, 0.15) is 0 Å². The van der Waals surface area contributed by atoms with Gasteiger partial charge in [-0.1, -0.05) is 0 Å². The van der Waals surface area contributed by atoms with E-state index in [2.05, 4.69) is 24.7 Å². The van der Waals surface area contributed by atoms with Crippen LogP contribution in [0.3, 0.4) is 0 Å². The molecule has 0 saturated carbocycles. The van der Waals surface area contributed by atoms with Crippen molar-refractivity contribution >= 4 is 30.3 Å². The Morgan fingerprint density at radius 3 is 2.04 bits per heavy atom. The van der Waals surface area contributed by atoms with Gasteiger partial charge in [-0.2, -0.15) is 0 Å². The molecule has 1 fully saturated rings. The van der Waals surface area contributed by atoms with E-state index >= 15 is 0 Å². The van der Waals surface area contributed by atoms with Crippen molar-refractivity contribution in [2.75, 3.05) is 6.61 Å². The molecule has 2 heterocycles. The number of hydrogen-bond donors (Lipinski definition) is 1. The summed E-state index contributed by atoms with van der Waals surface area (Å²) in [6, 6.07) is 6.52. The Morgan fingerprint density at radius 2 is 1.56 bits per heavy atom. The van der Waals surface area contributed by atoms with Crippen molar-refractivity contribution in [1.82, 2.24) is 5.09 Å². The van der Waals surface area contributed by atoms with E-state index in [9.17, 15) is 4.79 Å². The van der Waals surface area contributed by atoms with E-state index in [1.54, 1.807) is 12.1 Å². The van der Waals surface area contributed by atoms with Gasteiger partial charge in [0.05, 0.1) is 0 Å². The Balaban J connectivity index is 1.92. The number of hydrogen-bond acceptors (Lipinski definition) is 7. The molecule has 25 heavy (non-hydrogen) atoms. The predicted molar refractivity (Wildman–Crippen MR) is 101 cm³/mol. The summed E-state index contributed by atoms with van der Waals surface area (Å²) in [6.07, 6.45) is 0. The number of carbonyl (C=O) groups excluding carboxylic acids is 1. The van der Waals surface area contributed by atoms with Crippen LogP contribution in [0.5, 0.6) is 11.5 Å². The molecule has 0 unspecified atom stereocenters. The normalized spacial score (nSPS) is 25.4. The average molecular weight is 404 g/mol. The molecule has 140 valence electrons.